The fourth-order valence-electron chi connectivity index (χ4n) is 2.08. The fraction of sp³-hybridized carbons (Fsp3) is 0.211. The van der Waals surface area contributed by atoms with Gasteiger partial charge in [-0.1, -0.05) is 18.2 Å². The molecule has 3 aromatic heterocycles. The zero-order valence-corrected chi connectivity index (χ0v) is 14.2. The number of rotatable bonds is 6. The first kappa shape index (κ1) is 18.7. The number of pyridine rings is 3. The van der Waals surface area contributed by atoms with E-state index < -0.39 is 0 Å². The molecule has 25 heavy (non-hydrogen) atoms. The molecule has 0 amide bonds. The van der Waals surface area contributed by atoms with Crippen LogP contribution in [-0.2, 0) is 0 Å². The van der Waals surface area contributed by atoms with E-state index in [-0.39, 0.29) is 0 Å². The van der Waals surface area contributed by atoms with Crippen LogP contribution < -0.4 is 16.8 Å². The Morgan fingerprint density at radius 2 is 1.12 bits per heavy atom. The minimum absolute atomic E-state index is 0.694. The summed E-state index contributed by atoms with van der Waals surface area (Å²) in [5, 5.41) is 3.03. The van der Waals surface area contributed by atoms with Crippen molar-refractivity contribution in [2.24, 2.45) is 11.5 Å². The average Bonchev–Trinajstić information content (AvgIpc) is 2.70. The van der Waals surface area contributed by atoms with Gasteiger partial charge in [0.05, 0.1) is 22.8 Å². The van der Waals surface area contributed by atoms with E-state index in [9.17, 15) is 0 Å². The van der Waals surface area contributed by atoms with Crippen LogP contribution in [0.2, 0.25) is 0 Å². The summed E-state index contributed by atoms with van der Waals surface area (Å²) in [5.74, 6) is 0. The maximum atomic E-state index is 5.17. The Kier molecular flexibility index (Phi) is 8.20. The van der Waals surface area contributed by atoms with Crippen LogP contribution in [0.25, 0.3) is 22.8 Å². The lowest BCUT2D eigenvalue weighted by atomic mass is 10.2. The Bertz CT molecular complexity index is 659. The number of hydrogen-bond acceptors (Lipinski definition) is 6. The molecule has 0 saturated heterocycles. The van der Waals surface area contributed by atoms with Gasteiger partial charge in [-0.05, 0) is 36.4 Å². The number of hydrogen-bond donors (Lipinski definition) is 3. The molecule has 0 aliphatic heterocycles. The standard InChI is InChI=1S/C15H11N3.C4H13N3/c1-3-10-16-12(6-1)14-8-5-9-15(18-14)13-7-2-4-11-17-13;5-1-3-7-4-2-6/h1-11H;7H,1-6H2. The van der Waals surface area contributed by atoms with Crippen LogP contribution in [0.3, 0.4) is 0 Å². The third-order valence-electron chi connectivity index (χ3n) is 3.25. The van der Waals surface area contributed by atoms with Gasteiger partial charge < -0.3 is 16.8 Å². The summed E-state index contributed by atoms with van der Waals surface area (Å²) >= 11 is 0. The van der Waals surface area contributed by atoms with E-state index in [1.54, 1.807) is 12.4 Å². The molecule has 0 aromatic carbocycles. The lowest BCUT2D eigenvalue weighted by Gasteiger charge is -2.03. The summed E-state index contributed by atoms with van der Waals surface area (Å²) < 4.78 is 0. The van der Waals surface area contributed by atoms with Crippen molar-refractivity contribution in [3.05, 3.63) is 67.0 Å². The zero-order valence-electron chi connectivity index (χ0n) is 14.2. The molecule has 0 atom stereocenters. The Labute approximate surface area is 148 Å². The molecule has 130 valence electrons. The molecule has 5 N–H and O–H groups in total. The Balaban J connectivity index is 0.000000277. The van der Waals surface area contributed by atoms with Gasteiger partial charge in [-0.3, -0.25) is 9.97 Å². The summed E-state index contributed by atoms with van der Waals surface area (Å²) in [6, 6.07) is 17.5. The van der Waals surface area contributed by atoms with E-state index in [1.807, 2.05) is 54.6 Å². The lowest BCUT2D eigenvalue weighted by molar-refractivity contribution is 0.696. The van der Waals surface area contributed by atoms with Crippen molar-refractivity contribution < 1.29 is 0 Å². The molecule has 0 spiro atoms. The highest BCUT2D eigenvalue weighted by molar-refractivity contribution is 5.61. The first-order chi connectivity index (χ1) is 12.3. The van der Waals surface area contributed by atoms with Gasteiger partial charge >= 0.3 is 0 Å². The predicted molar refractivity (Wildman–Crippen MR) is 102 cm³/mol. The summed E-state index contributed by atoms with van der Waals surface area (Å²) in [6.07, 6.45) is 3.54. The van der Waals surface area contributed by atoms with Crippen molar-refractivity contribution in [2.45, 2.75) is 0 Å². The third kappa shape index (κ3) is 6.39. The van der Waals surface area contributed by atoms with Gasteiger partial charge in [-0.2, -0.15) is 0 Å². The van der Waals surface area contributed by atoms with Gasteiger partial charge in [0, 0.05) is 38.6 Å². The molecular weight excluding hydrogens is 312 g/mol. The molecule has 3 aromatic rings. The molecule has 0 aliphatic carbocycles. The molecule has 0 unspecified atom stereocenters. The van der Waals surface area contributed by atoms with Crippen LogP contribution in [0.15, 0.2) is 67.0 Å². The molecule has 6 nitrogen and oxygen atoms in total. The number of nitrogens with two attached hydrogens (primary N) is 2. The van der Waals surface area contributed by atoms with Crippen LogP contribution in [-0.4, -0.2) is 41.1 Å². The summed E-state index contributed by atoms with van der Waals surface area (Å²) in [4.78, 5) is 13.2. The van der Waals surface area contributed by atoms with Crippen LogP contribution in [0.1, 0.15) is 0 Å². The maximum Gasteiger partial charge on any atom is 0.0894 e. The molecule has 6 heteroatoms. The van der Waals surface area contributed by atoms with Gasteiger partial charge in [-0.25, -0.2) is 4.98 Å². The second kappa shape index (κ2) is 11.0. The zero-order chi connectivity index (χ0) is 17.7. The monoisotopic (exact) mass is 336 g/mol. The topological polar surface area (TPSA) is 103 Å². The van der Waals surface area contributed by atoms with Gasteiger partial charge in [0.15, 0.2) is 0 Å². The Morgan fingerprint density at radius 3 is 1.52 bits per heavy atom. The molecular formula is C19H24N6. The van der Waals surface area contributed by atoms with Crippen molar-refractivity contribution in [1.82, 2.24) is 20.3 Å². The highest BCUT2D eigenvalue weighted by Crippen LogP contribution is 2.19. The second-order valence-corrected chi connectivity index (χ2v) is 5.17. The molecule has 3 rings (SSSR count). The van der Waals surface area contributed by atoms with Gasteiger partial charge in [0.1, 0.15) is 0 Å². The second-order valence-electron chi connectivity index (χ2n) is 5.17. The van der Waals surface area contributed by atoms with Gasteiger partial charge in [0.25, 0.3) is 0 Å². The van der Waals surface area contributed by atoms with Crippen LogP contribution in [0.4, 0.5) is 0 Å². The minimum Gasteiger partial charge on any atom is -0.329 e. The molecule has 3 heterocycles. The number of nitrogens with one attached hydrogen (secondary N) is 1. The molecule has 0 fully saturated rings. The summed E-state index contributed by atoms with van der Waals surface area (Å²) in [6.45, 7) is 3.13. The first-order valence-corrected chi connectivity index (χ1v) is 8.26. The summed E-state index contributed by atoms with van der Waals surface area (Å²) in [5.41, 5.74) is 13.8. The van der Waals surface area contributed by atoms with Crippen molar-refractivity contribution in [3.8, 4) is 22.8 Å². The summed E-state index contributed by atoms with van der Waals surface area (Å²) in [7, 11) is 0. The Hall–Kier alpha value is -2.67. The third-order valence-corrected chi connectivity index (χ3v) is 3.25. The normalized spacial score (nSPS) is 10.0. The lowest BCUT2D eigenvalue weighted by Crippen LogP contribution is -2.27. The van der Waals surface area contributed by atoms with Gasteiger partial charge in [0.2, 0.25) is 0 Å². The first-order valence-electron chi connectivity index (χ1n) is 8.26. The highest BCUT2D eigenvalue weighted by Gasteiger charge is 2.03. The highest BCUT2D eigenvalue weighted by atomic mass is 14.9. The van der Waals surface area contributed by atoms with Crippen molar-refractivity contribution >= 4 is 0 Å². The van der Waals surface area contributed by atoms with E-state index in [1.165, 1.54) is 0 Å². The minimum atomic E-state index is 0.694. The molecule has 0 saturated carbocycles. The van der Waals surface area contributed by atoms with E-state index in [2.05, 4.69) is 20.3 Å². The van der Waals surface area contributed by atoms with Crippen LogP contribution in [0, 0.1) is 0 Å². The van der Waals surface area contributed by atoms with E-state index in [0.717, 1.165) is 35.9 Å². The fourth-order valence-corrected chi connectivity index (χ4v) is 2.08. The predicted octanol–water partition coefficient (Wildman–Crippen LogP) is 1.70. The number of nitrogens with zero attached hydrogens (tertiary/aromatic N) is 3. The quantitative estimate of drug-likeness (QED) is 0.592. The molecule has 0 radical (unpaired) electrons. The SMILES string of the molecule is NCCNCCN.c1ccc(-c2cccc(-c3ccccn3)n2)nc1. The van der Waals surface area contributed by atoms with Crippen LogP contribution in [0.5, 0.6) is 0 Å². The van der Waals surface area contributed by atoms with E-state index in [0.29, 0.717) is 13.1 Å². The average molecular weight is 336 g/mol. The van der Waals surface area contributed by atoms with Crippen LogP contribution >= 0.6 is 0 Å². The molecule has 0 bridgehead atoms. The van der Waals surface area contributed by atoms with Gasteiger partial charge in [-0.15, -0.1) is 0 Å². The van der Waals surface area contributed by atoms with Crippen molar-refractivity contribution in [3.63, 3.8) is 0 Å². The number of aromatic nitrogens is 3. The molecule has 0 aliphatic rings. The van der Waals surface area contributed by atoms with Crippen molar-refractivity contribution in [2.75, 3.05) is 26.2 Å². The maximum absolute atomic E-state index is 5.17. The smallest absolute Gasteiger partial charge is 0.0894 e. The largest absolute Gasteiger partial charge is 0.329 e. The van der Waals surface area contributed by atoms with Crippen molar-refractivity contribution in [1.29, 1.82) is 0 Å². The van der Waals surface area contributed by atoms with E-state index >= 15 is 0 Å². The Morgan fingerprint density at radius 1 is 0.640 bits per heavy atom. The van der Waals surface area contributed by atoms with E-state index in [4.69, 9.17) is 11.5 Å².